The van der Waals surface area contributed by atoms with Gasteiger partial charge < -0.3 is 0 Å². The van der Waals surface area contributed by atoms with E-state index < -0.39 is 0 Å². The molecule has 0 saturated carbocycles. The van der Waals surface area contributed by atoms with Crippen LogP contribution in [0.3, 0.4) is 0 Å². The summed E-state index contributed by atoms with van der Waals surface area (Å²) < 4.78 is 1.64. The van der Waals surface area contributed by atoms with Crippen molar-refractivity contribution >= 4 is 17.2 Å². The number of rotatable bonds is 2. The van der Waals surface area contributed by atoms with E-state index in [1.165, 1.54) is 0 Å². The van der Waals surface area contributed by atoms with E-state index in [4.69, 9.17) is 11.6 Å². The summed E-state index contributed by atoms with van der Waals surface area (Å²) in [5.41, 5.74) is 4.30. The highest BCUT2D eigenvalue weighted by atomic mass is 35.5. The number of aromatic nitrogens is 4. The number of hydrogen-bond acceptors (Lipinski definition) is 3. The van der Waals surface area contributed by atoms with Gasteiger partial charge in [0.25, 0.3) is 0 Å². The van der Waals surface area contributed by atoms with Crippen LogP contribution in [0.15, 0.2) is 67.0 Å². The Kier molecular flexibility index (Phi) is 3.09. The van der Waals surface area contributed by atoms with Gasteiger partial charge in [0, 0.05) is 35.7 Å². The summed E-state index contributed by atoms with van der Waals surface area (Å²) in [6, 6.07) is 17.5. The molecule has 0 bridgehead atoms. The molecule has 0 radical (unpaired) electrons. The van der Waals surface area contributed by atoms with Crippen molar-refractivity contribution in [2.45, 2.75) is 0 Å². The number of benzene rings is 1. The minimum atomic E-state index is 0.527. The lowest BCUT2D eigenvalue weighted by Gasteiger charge is -2.03. The topological polar surface area (TPSA) is 43.1 Å². The molecule has 4 aromatic rings. The lowest BCUT2D eigenvalue weighted by atomic mass is 10.1. The van der Waals surface area contributed by atoms with Crippen LogP contribution in [-0.4, -0.2) is 19.6 Å². The number of pyridine rings is 1. The largest absolute Gasteiger partial charge is 0.264 e. The fourth-order valence-electron chi connectivity index (χ4n) is 2.35. The zero-order chi connectivity index (χ0) is 14.9. The third-order valence-electron chi connectivity index (χ3n) is 3.41. The first kappa shape index (κ1) is 13.0. The normalized spacial score (nSPS) is 11.0. The molecule has 106 valence electrons. The van der Waals surface area contributed by atoms with Crippen molar-refractivity contribution in [1.82, 2.24) is 19.6 Å². The summed E-state index contributed by atoms with van der Waals surface area (Å²) in [6.07, 6.45) is 3.51. The van der Waals surface area contributed by atoms with Gasteiger partial charge in [0.05, 0.1) is 11.4 Å². The Labute approximate surface area is 132 Å². The van der Waals surface area contributed by atoms with Crippen LogP contribution in [0.5, 0.6) is 0 Å². The van der Waals surface area contributed by atoms with Crippen molar-refractivity contribution in [3.05, 3.63) is 72.1 Å². The Morgan fingerprint density at radius 2 is 1.68 bits per heavy atom. The molecule has 0 aliphatic heterocycles. The summed E-state index contributed by atoms with van der Waals surface area (Å²) in [5.74, 6) is 0. The zero-order valence-corrected chi connectivity index (χ0v) is 12.3. The van der Waals surface area contributed by atoms with Gasteiger partial charge in [0.2, 0.25) is 0 Å². The number of fused-ring (bicyclic) bond motifs is 1. The van der Waals surface area contributed by atoms with Crippen LogP contribution in [0, 0.1) is 0 Å². The fourth-order valence-corrected chi connectivity index (χ4v) is 2.58. The lowest BCUT2D eigenvalue weighted by Crippen LogP contribution is -1.94. The lowest BCUT2D eigenvalue weighted by molar-refractivity contribution is 0.945. The van der Waals surface area contributed by atoms with Crippen LogP contribution < -0.4 is 0 Å². The first-order chi connectivity index (χ1) is 10.8. The Bertz CT molecular complexity index is 933. The van der Waals surface area contributed by atoms with Crippen LogP contribution in [0.25, 0.3) is 28.2 Å². The molecule has 0 atom stereocenters. The average Bonchev–Trinajstić information content (AvgIpc) is 3.01. The van der Waals surface area contributed by atoms with Gasteiger partial charge in [-0.2, -0.15) is 5.10 Å². The summed E-state index contributed by atoms with van der Waals surface area (Å²) in [6.45, 7) is 0. The average molecular weight is 307 g/mol. The highest BCUT2D eigenvalue weighted by Crippen LogP contribution is 2.25. The zero-order valence-electron chi connectivity index (χ0n) is 11.5. The highest BCUT2D eigenvalue weighted by Gasteiger charge is 2.10. The standard InChI is InChI=1S/C17H11ClN4/c18-16-9-14(12-5-2-1-3-6-12)20-17-10-15(21-22(16)17)13-7-4-8-19-11-13/h1-11H. The molecule has 1 aromatic carbocycles. The van der Waals surface area contributed by atoms with Crippen LogP contribution in [0.2, 0.25) is 5.15 Å². The molecule has 0 aliphatic carbocycles. The van der Waals surface area contributed by atoms with E-state index in [0.29, 0.717) is 10.8 Å². The van der Waals surface area contributed by atoms with E-state index in [1.54, 1.807) is 16.9 Å². The third-order valence-corrected chi connectivity index (χ3v) is 3.68. The van der Waals surface area contributed by atoms with Gasteiger partial charge in [-0.3, -0.25) is 4.98 Å². The Morgan fingerprint density at radius 3 is 2.45 bits per heavy atom. The monoisotopic (exact) mass is 306 g/mol. The van der Waals surface area contributed by atoms with Gasteiger partial charge in [-0.05, 0) is 12.1 Å². The van der Waals surface area contributed by atoms with Gasteiger partial charge in [-0.15, -0.1) is 0 Å². The van der Waals surface area contributed by atoms with Crippen molar-refractivity contribution in [2.24, 2.45) is 0 Å². The molecular formula is C17H11ClN4. The summed E-state index contributed by atoms with van der Waals surface area (Å²) in [5, 5.41) is 5.03. The highest BCUT2D eigenvalue weighted by molar-refractivity contribution is 6.30. The first-order valence-electron chi connectivity index (χ1n) is 6.83. The number of hydrogen-bond donors (Lipinski definition) is 0. The SMILES string of the molecule is Clc1cc(-c2ccccc2)nc2cc(-c3cccnc3)nn12. The predicted molar refractivity (Wildman–Crippen MR) is 86.7 cm³/mol. The molecule has 0 saturated heterocycles. The number of nitrogens with zero attached hydrogens (tertiary/aromatic N) is 4. The van der Waals surface area contributed by atoms with Gasteiger partial charge in [-0.25, -0.2) is 9.50 Å². The molecule has 0 aliphatic rings. The Balaban J connectivity index is 1.88. The second-order valence-corrected chi connectivity index (χ2v) is 5.26. The minimum absolute atomic E-state index is 0.527. The van der Waals surface area contributed by atoms with Crippen LogP contribution in [0.1, 0.15) is 0 Å². The maximum atomic E-state index is 6.36. The second kappa shape index (κ2) is 5.24. The molecule has 4 nitrogen and oxygen atoms in total. The maximum Gasteiger partial charge on any atom is 0.158 e. The van der Waals surface area contributed by atoms with Crippen molar-refractivity contribution in [1.29, 1.82) is 0 Å². The fraction of sp³-hybridized carbons (Fsp3) is 0. The van der Waals surface area contributed by atoms with Crippen LogP contribution in [-0.2, 0) is 0 Å². The summed E-state index contributed by atoms with van der Waals surface area (Å²) in [7, 11) is 0. The second-order valence-electron chi connectivity index (χ2n) is 4.87. The van der Waals surface area contributed by atoms with E-state index in [1.807, 2.05) is 54.6 Å². The molecular weight excluding hydrogens is 296 g/mol. The van der Waals surface area contributed by atoms with Gasteiger partial charge in [-0.1, -0.05) is 41.9 Å². The van der Waals surface area contributed by atoms with E-state index in [0.717, 1.165) is 22.5 Å². The first-order valence-corrected chi connectivity index (χ1v) is 7.21. The molecule has 0 N–H and O–H groups in total. The minimum Gasteiger partial charge on any atom is -0.264 e. The smallest absolute Gasteiger partial charge is 0.158 e. The van der Waals surface area contributed by atoms with E-state index >= 15 is 0 Å². The molecule has 4 rings (SSSR count). The Hall–Kier alpha value is -2.72. The van der Waals surface area contributed by atoms with Crippen molar-refractivity contribution in [3.8, 4) is 22.5 Å². The van der Waals surface area contributed by atoms with Gasteiger partial charge in [0.1, 0.15) is 5.15 Å². The predicted octanol–water partition coefficient (Wildman–Crippen LogP) is 4.11. The van der Waals surface area contributed by atoms with E-state index in [-0.39, 0.29) is 0 Å². The molecule has 0 amide bonds. The quantitative estimate of drug-likeness (QED) is 0.523. The molecule has 0 spiro atoms. The van der Waals surface area contributed by atoms with Gasteiger partial charge in [0.15, 0.2) is 5.65 Å². The van der Waals surface area contributed by atoms with Crippen molar-refractivity contribution < 1.29 is 0 Å². The number of halogens is 1. The third kappa shape index (κ3) is 2.23. The molecule has 5 heteroatoms. The van der Waals surface area contributed by atoms with Crippen LogP contribution in [0.4, 0.5) is 0 Å². The van der Waals surface area contributed by atoms with Gasteiger partial charge >= 0.3 is 0 Å². The summed E-state index contributed by atoms with van der Waals surface area (Å²) in [4.78, 5) is 8.76. The molecule has 3 heterocycles. The van der Waals surface area contributed by atoms with Crippen molar-refractivity contribution in [2.75, 3.05) is 0 Å². The van der Waals surface area contributed by atoms with Crippen LogP contribution >= 0.6 is 11.6 Å². The molecule has 22 heavy (non-hydrogen) atoms. The molecule has 0 unspecified atom stereocenters. The van der Waals surface area contributed by atoms with E-state index in [2.05, 4.69) is 15.1 Å². The van der Waals surface area contributed by atoms with E-state index in [9.17, 15) is 0 Å². The molecule has 3 aromatic heterocycles. The summed E-state index contributed by atoms with van der Waals surface area (Å²) >= 11 is 6.36. The van der Waals surface area contributed by atoms with Crippen molar-refractivity contribution in [3.63, 3.8) is 0 Å². The maximum absolute atomic E-state index is 6.36. The Morgan fingerprint density at radius 1 is 0.864 bits per heavy atom. The molecule has 0 fully saturated rings.